The predicted molar refractivity (Wildman–Crippen MR) is 160 cm³/mol. The summed E-state index contributed by atoms with van der Waals surface area (Å²) in [6, 6.07) is 19.2. The van der Waals surface area contributed by atoms with Gasteiger partial charge in [-0.05, 0) is 58.6 Å². The largest absolute Gasteiger partial charge is 0.444 e. The van der Waals surface area contributed by atoms with E-state index in [0.29, 0.717) is 32.6 Å². The molecule has 2 aromatic carbocycles. The Morgan fingerprint density at radius 2 is 1.56 bits per heavy atom. The normalized spacial score (nSPS) is 18.0. The van der Waals surface area contributed by atoms with Gasteiger partial charge in [0.25, 0.3) is 0 Å². The number of benzene rings is 2. The highest BCUT2D eigenvalue weighted by atomic mass is 16.6. The molecule has 0 saturated carbocycles. The van der Waals surface area contributed by atoms with Crippen molar-refractivity contribution in [1.82, 2.24) is 15.5 Å². The van der Waals surface area contributed by atoms with E-state index in [1.54, 1.807) is 39.5 Å². The van der Waals surface area contributed by atoms with Crippen LogP contribution < -0.4 is 10.6 Å². The van der Waals surface area contributed by atoms with E-state index in [-0.39, 0.29) is 17.7 Å². The molecular weight excluding hydrogens is 518 g/mol. The molecule has 0 saturated heterocycles. The monoisotopic (exact) mass is 563 g/mol. The van der Waals surface area contributed by atoms with Crippen LogP contribution in [0.25, 0.3) is 0 Å². The van der Waals surface area contributed by atoms with Crippen molar-refractivity contribution in [3.63, 3.8) is 0 Å². The van der Waals surface area contributed by atoms with Crippen molar-refractivity contribution in [3.8, 4) is 0 Å². The van der Waals surface area contributed by atoms with Crippen molar-refractivity contribution in [2.75, 3.05) is 13.2 Å². The molecule has 2 N–H and O–H groups in total. The Morgan fingerprint density at radius 3 is 2.17 bits per heavy atom. The van der Waals surface area contributed by atoms with E-state index in [4.69, 9.17) is 9.47 Å². The molecule has 1 heterocycles. The smallest absolute Gasteiger partial charge is 0.408 e. The lowest BCUT2D eigenvalue weighted by Gasteiger charge is -2.32. The number of rotatable bonds is 11. The third kappa shape index (κ3) is 10.4. The number of ether oxygens (including phenoxy) is 2. The molecule has 0 aliphatic carbocycles. The van der Waals surface area contributed by atoms with E-state index in [1.165, 1.54) is 5.57 Å². The van der Waals surface area contributed by atoms with E-state index < -0.39 is 29.8 Å². The first-order chi connectivity index (χ1) is 19.4. The Kier molecular flexibility index (Phi) is 11.5. The van der Waals surface area contributed by atoms with Crippen LogP contribution in [0.3, 0.4) is 0 Å². The van der Waals surface area contributed by atoms with Crippen LogP contribution in [0.15, 0.2) is 72.3 Å². The van der Waals surface area contributed by atoms with Crippen molar-refractivity contribution < 1.29 is 23.9 Å². The van der Waals surface area contributed by atoms with Crippen LogP contribution in [0.5, 0.6) is 0 Å². The number of alkyl carbamates (subject to hydrolysis) is 1. The highest BCUT2D eigenvalue weighted by molar-refractivity contribution is 5.86. The molecule has 8 nitrogen and oxygen atoms in total. The fourth-order valence-corrected chi connectivity index (χ4v) is 4.79. The van der Waals surface area contributed by atoms with Gasteiger partial charge in [-0.1, -0.05) is 79.2 Å². The number of hydrogen-bond acceptors (Lipinski definition) is 5. The van der Waals surface area contributed by atoms with E-state index in [1.807, 2.05) is 60.7 Å². The SMILES string of the molecule is CC(NC(=O)OC(C)(C)C)C(=O)N[C@@H](C)N1CCC([C@@H](C)COCc2ccccc2)=CC(Cc2ccccc2)C1=O. The molecule has 0 spiro atoms. The van der Waals surface area contributed by atoms with Gasteiger partial charge in [-0.15, -0.1) is 0 Å². The molecule has 4 atom stereocenters. The standard InChI is InChI=1S/C33H45N3O5/c1-23(21-40-22-27-15-11-8-12-16-27)28-17-18-36(31(38)29(20-28)19-26-13-9-7-10-14-26)25(3)35-30(37)24(2)34-32(39)41-33(4,5)6/h7-16,20,23-25,29H,17-19,21-22H2,1-6H3,(H,34,39)(H,35,37)/t23-,24?,25+,29?/m0/s1. The predicted octanol–water partition coefficient (Wildman–Crippen LogP) is 5.23. The topological polar surface area (TPSA) is 97.0 Å². The molecule has 3 rings (SSSR count). The van der Waals surface area contributed by atoms with Gasteiger partial charge in [0.05, 0.1) is 19.1 Å². The Hall–Kier alpha value is -3.65. The zero-order valence-electron chi connectivity index (χ0n) is 25.2. The summed E-state index contributed by atoms with van der Waals surface area (Å²) in [6.07, 6.45) is 2.12. The zero-order valence-corrected chi connectivity index (χ0v) is 25.2. The van der Waals surface area contributed by atoms with Gasteiger partial charge in [-0.3, -0.25) is 9.59 Å². The summed E-state index contributed by atoms with van der Waals surface area (Å²) >= 11 is 0. The minimum Gasteiger partial charge on any atom is -0.444 e. The van der Waals surface area contributed by atoms with Crippen molar-refractivity contribution in [3.05, 3.63) is 83.4 Å². The van der Waals surface area contributed by atoms with Gasteiger partial charge in [0.15, 0.2) is 0 Å². The van der Waals surface area contributed by atoms with E-state index in [0.717, 1.165) is 11.1 Å². The van der Waals surface area contributed by atoms with Crippen molar-refractivity contribution in [1.29, 1.82) is 0 Å². The lowest BCUT2D eigenvalue weighted by atomic mass is 9.92. The van der Waals surface area contributed by atoms with Crippen LogP contribution >= 0.6 is 0 Å². The third-order valence-corrected chi connectivity index (χ3v) is 7.01. The molecule has 222 valence electrons. The molecule has 0 radical (unpaired) electrons. The average Bonchev–Trinajstić information content (AvgIpc) is 3.07. The number of nitrogens with one attached hydrogen (secondary N) is 2. The van der Waals surface area contributed by atoms with Crippen molar-refractivity contribution in [2.45, 2.75) is 78.8 Å². The molecule has 0 fully saturated rings. The lowest BCUT2D eigenvalue weighted by molar-refractivity contribution is -0.137. The van der Waals surface area contributed by atoms with Gasteiger partial charge in [0.2, 0.25) is 11.8 Å². The quantitative estimate of drug-likeness (QED) is 0.365. The van der Waals surface area contributed by atoms with Gasteiger partial charge in [-0.2, -0.15) is 0 Å². The van der Waals surface area contributed by atoms with Crippen LogP contribution in [0, 0.1) is 11.8 Å². The fraction of sp³-hybridized carbons (Fsp3) is 0.485. The maximum absolute atomic E-state index is 13.9. The molecule has 8 heteroatoms. The van der Waals surface area contributed by atoms with Crippen LogP contribution in [0.1, 0.15) is 59.1 Å². The summed E-state index contributed by atoms with van der Waals surface area (Å²) in [5.74, 6) is -0.673. The highest BCUT2D eigenvalue weighted by Gasteiger charge is 2.32. The van der Waals surface area contributed by atoms with Crippen LogP contribution in [-0.2, 0) is 32.1 Å². The van der Waals surface area contributed by atoms with Gasteiger partial charge in [-0.25, -0.2) is 4.79 Å². The summed E-state index contributed by atoms with van der Waals surface area (Å²) in [7, 11) is 0. The second kappa shape index (κ2) is 14.8. The number of carbonyl (C=O) groups is 3. The Balaban J connectivity index is 1.68. The highest BCUT2D eigenvalue weighted by Crippen LogP contribution is 2.27. The van der Waals surface area contributed by atoms with Gasteiger partial charge in [0.1, 0.15) is 17.8 Å². The van der Waals surface area contributed by atoms with Gasteiger partial charge < -0.3 is 25.0 Å². The number of carbonyl (C=O) groups excluding carboxylic acids is 3. The summed E-state index contributed by atoms with van der Waals surface area (Å²) in [5, 5.41) is 5.47. The molecule has 1 aliphatic heterocycles. The summed E-state index contributed by atoms with van der Waals surface area (Å²) in [5.41, 5.74) is 2.70. The molecule has 0 bridgehead atoms. The molecule has 1 aliphatic rings. The number of amides is 3. The summed E-state index contributed by atoms with van der Waals surface area (Å²) < 4.78 is 11.3. The van der Waals surface area contributed by atoms with Crippen LogP contribution in [0.2, 0.25) is 0 Å². The summed E-state index contributed by atoms with van der Waals surface area (Å²) in [6.45, 7) is 12.3. The second-order valence-corrected chi connectivity index (χ2v) is 11.8. The third-order valence-electron chi connectivity index (χ3n) is 7.01. The van der Waals surface area contributed by atoms with E-state index >= 15 is 0 Å². The maximum atomic E-state index is 13.9. The molecule has 41 heavy (non-hydrogen) atoms. The fourth-order valence-electron chi connectivity index (χ4n) is 4.79. The summed E-state index contributed by atoms with van der Waals surface area (Å²) in [4.78, 5) is 40.6. The Bertz CT molecular complexity index is 1180. The number of hydrogen-bond donors (Lipinski definition) is 2. The Morgan fingerprint density at radius 1 is 0.951 bits per heavy atom. The number of nitrogens with zero attached hydrogens (tertiary/aromatic N) is 1. The van der Waals surface area contributed by atoms with E-state index in [2.05, 4.69) is 23.6 Å². The average molecular weight is 564 g/mol. The minimum absolute atomic E-state index is 0.0400. The zero-order chi connectivity index (χ0) is 30.0. The molecule has 2 unspecified atom stereocenters. The first kappa shape index (κ1) is 31.9. The molecular formula is C33H45N3O5. The van der Waals surface area contributed by atoms with Crippen LogP contribution in [0.4, 0.5) is 4.79 Å². The Labute approximate surface area is 244 Å². The van der Waals surface area contributed by atoms with Crippen LogP contribution in [-0.4, -0.2) is 53.8 Å². The van der Waals surface area contributed by atoms with Crippen molar-refractivity contribution >= 4 is 17.9 Å². The van der Waals surface area contributed by atoms with Gasteiger partial charge in [0, 0.05) is 12.5 Å². The minimum atomic E-state index is -0.829. The molecule has 2 aromatic rings. The molecule has 3 amide bonds. The second-order valence-electron chi connectivity index (χ2n) is 11.8. The maximum Gasteiger partial charge on any atom is 0.408 e. The van der Waals surface area contributed by atoms with Gasteiger partial charge >= 0.3 is 6.09 Å². The first-order valence-corrected chi connectivity index (χ1v) is 14.4. The lowest BCUT2D eigenvalue weighted by Crippen LogP contribution is -2.55. The van der Waals surface area contributed by atoms with E-state index in [9.17, 15) is 14.4 Å². The molecule has 0 aromatic heterocycles. The van der Waals surface area contributed by atoms with Crippen molar-refractivity contribution in [2.24, 2.45) is 11.8 Å². The first-order valence-electron chi connectivity index (χ1n) is 14.4.